The largest absolute Gasteiger partial charge is 0.493 e. The van der Waals surface area contributed by atoms with Gasteiger partial charge in [-0.1, -0.05) is 36.0 Å². The molecule has 2 atom stereocenters. The second kappa shape index (κ2) is 13.4. The summed E-state index contributed by atoms with van der Waals surface area (Å²) >= 11 is 1.10. The molecule has 0 aliphatic carbocycles. The number of halogens is 3. The SMILES string of the molecule is CC1(C)CC2=C(SC(N3CCOCC3Cc3cccc(Nc4ccc(CN5CCOCC5)cc4)c3)N2OC(=O)C(F)(F)F)C(=O)N1. The van der Waals surface area contributed by atoms with Crippen LogP contribution in [0.5, 0.6) is 0 Å². The summed E-state index contributed by atoms with van der Waals surface area (Å²) in [4.78, 5) is 34.6. The van der Waals surface area contributed by atoms with Crippen LogP contribution >= 0.6 is 11.8 Å². The molecule has 6 rings (SSSR count). The van der Waals surface area contributed by atoms with Gasteiger partial charge in [-0.25, -0.2) is 4.79 Å². The van der Waals surface area contributed by atoms with E-state index in [1.54, 1.807) is 13.8 Å². The fourth-order valence-electron chi connectivity index (χ4n) is 6.13. The zero-order valence-electron chi connectivity index (χ0n) is 25.8. The third-order valence-electron chi connectivity index (χ3n) is 8.34. The number of hydroxylamine groups is 2. The smallest absolute Gasteiger partial charge is 0.379 e. The first-order valence-corrected chi connectivity index (χ1v) is 16.2. The van der Waals surface area contributed by atoms with E-state index in [0.717, 1.165) is 66.6 Å². The van der Waals surface area contributed by atoms with E-state index >= 15 is 0 Å². The highest BCUT2D eigenvalue weighted by Crippen LogP contribution is 2.46. The van der Waals surface area contributed by atoms with Crippen LogP contribution < -0.4 is 10.6 Å². The number of nitrogens with zero attached hydrogens (tertiary/aromatic N) is 3. The number of hydrogen-bond donors (Lipinski definition) is 2. The molecule has 46 heavy (non-hydrogen) atoms. The van der Waals surface area contributed by atoms with Gasteiger partial charge in [-0.3, -0.25) is 14.6 Å². The van der Waals surface area contributed by atoms with Crippen molar-refractivity contribution in [2.45, 2.75) is 56.5 Å². The molecular weight excluding hydrogens is 623 g/mol. The maximum Gasteiger partial charge on any atom is 0.493 e. The van der Waals surface area contributed by atoms with Gasteiger partial charge in [0.05, 0.1) is 37.0 Å². The molecule has 2 unspecified atom stereocenters. The van der Waals surface area contributed by atoms with E-state index in [-0.39, 0.29) is 23.1 Å². The Bertz CT molecular complexity index is 1460. The molecular formula is C32H38F3N5O5S. The standard InChI is InChI=1S/C32H38F3N5O5S/c1-31(2)18-26-27(28(41)37-31)46-30(40(26)45-29(42)32(33,34)35)39-12-15-44-20-25(39)17-22-4-3-5-24(16-22)36-23-8-6-21(7-9-23)19-38-10-13-43-14-11-38/h3-9,16,25,30,36H,10-15,17-20H2,1-2H3,(H,37,41). The third-order valence-corrected chi connectivity index (χ3v) is 9.67. The minimum absolute atomic E-state index is 0.208. The van der Waals surface area contributed by atoms with Crippen LogP contribution in [-0.2, 0) is 36.9 Å². The molecule has 248 valence electrons. The van der Waals surface area contributed by atoms with Crippen LogP contribution in [0.4, 0.5) is 24.5 Å². The highest BCUT2D eigenvalue weighted by atomic mass is 32.2. The van der Waals surface area contributed by atoms with E-state index < -0.39 is 29.1 Å². The first-order valence-electron chi connectivity index (χ1n) is 15.3. The first kappa shape index (κ1) is 32.6. The Morgan fingerprint density at radius 3 is 2.52 bits per heavy atom. The van der Waals surface area contributed by atoms with Gasteiger partial charge in [0.25, 0.3) is 5.91 Å². The normalized spacial score (nSPS) is 24.0. The number of thioether (sulfide) groups is 1. The third kappa shape index (κ3) is 7.63. The molecule has 4 heterocycles. The minimum atomic E-state index is -5.19. The van der Waals surface area contributed by atoms with Gasteiger partial charge in [0, 0.05) is 55.6 Å². The van der Waals surface area contributed by atoms with Crippen molar-refractivity contribution in [3.8, 4) is 0 Å². The van der Waals surface area contributed by atoms with Crippen LogP contribution in [0.2, 0.25) is 0 Å². The summed E-state index contributed by atoms with van der Waals surface area (Å²) in [6, 6.07) is 16.0. The average molecular weight is 662 g/mol. The molecule has 10 nitrogen and oxygen atoms in total. The number of hydrogen-bond acceptors (Lipinski definition) is 10. The van der Waals surface area contributed by atoms with Gasteiger partial charge in [-0.2, -0.15) is 18.2 Å². The molecule has 2 aromatic carbocycles. The fraction of sp³-hybridized carbons (Fsp3) is 0.500. The first-order chi connectivity index (χ1) is 21.9. The number of amides is 1. The van der Waals surface area contributed by atoms with Gasteiger partial charge in [-0.05, 0) is 55.7 Å². The van der Waals surface area contributed by atoms with Gasteiger partial charge in [-0.15, -0.1) is 0 Å². The van der Waals surface area contributed by atoms with Gasteiger partial charge in [0.2, 0.25) is 0 Å². The predicted molar refractivity (Wildman–Crippen MR) is 167 cm³/mol. The van der Waals surface area contributed by atoms with Crippen molar-refractivity contribution in [3.63, 3.8) is 0 Å². The van der Waals surface area contributed by atoms with E-state index in [0.29, 0.717) is 26.2 Å². The van der Waals surface area contributed by atoms with Crippen molar-refractivity contribution < 1.29 is 37.1 Å². The summed E-state index contributed by atoms with van der Waals surface area (Å²) in [6.45, 7) is 8.86. The molecule has 2 fully saturated rings. The van der Waals surface area contributed by atoms with E-state index in [4.69, 9.17) is 14.3 Å². The summed E-state index contributed by atoms with van der Waals surface area (Å²) < 4.78 is 51.3. The van der Waals surface area contributed by atoms with Gasteiger partial charge in [0.1, 0.15) is 0 Å². The number of benzene rings is 2. The monoisotopic (exact) mass is 661 g/mol. The predicted octanol–water partition coefficient (Wildman–Crippen LogP) is 4.37. The maximum atomic E-state index is 13.3. The fourth-order valence-corrected chi connectivity index (χ4v) is 7.47. The Labute approximate surface area is 270 Å². The molecule has 2 N–H and O–H groups in total. The Balaban J connectivity index is 1.16. The number of nitrogens with one attached hydrogen (secondary N) is 2. The summed E-state index contributed by atoms with van der Waals surface area (Å²) in [6.07, 6.45) is -4.46. The summed E-state index contributed by atoms with van der Waals surface area (Å²) in [5, 5.41) is 7.35. The number of carbonyl (C=O) groups excluding carboxylic acids is 2. The second-order valence-corrected chi connectivity index (χ2v) is 13.6. The lowest BCUT2D eigenvalue weighted by atomic mass is 9.94. The van der Waals surface area contributed by atoms with Crippen molar-refractivity contribution in [2.75, 3.05) is 51.4 Å². The van der Waals surface area contributed by atoms with Crippen molar-refractivity contribution in [2.24, 2.45) is 0 Å². The molecule has 14 heteroatoms. The highest BCUT2D eigenvalue weighted by Gasteiger charge is 2.51. The molecule has 0 radical (unpaired) electrons. The summed E-state index contributed by atoms with van der Waals surface area (Å²) in [7, 11) is 0. The number of alkyl halides is 3. The lowest BCUT2D eigenvalue weighted by Gasteiger charge is -2.42. The number of ether oxygens (including phenoxy) is 2. The zero-order chi connectivity index (χ0) is 32.5. The maximum absolute atomic E-state index is 13.3. The number of anilines is 2. The van der Waals surface area contributed by atoms with Crippen LogP contribution in [0.1, 0.15) is 31.4 Å². The second-order valence-electron chi connectivity index (χ2n) is 12.5. The van der Waals surface area contributed by atoms with Crippen LogP contribution in [-0.4, -0.2) is 96.1 Å². The number of rotatable bonds is 8. The van der Waals surface area contributed by atoms with Crippen LogP contribution in [0.15, 0.2) is 59.1 Å². The minimum Gasteiger partial charge on any atom is -0.379 e. The summed E-state index contributed by atoms with van der Waals surface area (Å²) in [5.74, 6) is -2.72. The van der Waals surface area contributed by atoms with E-state index in [9.17, 15) is 22.8 Å². The molecule has 4 aliphatic rings. The van der Waals surface area contributed by atoms with E-state index in [2.05, 4.69) is 39.8 Å². The molecule has 0 saturated carbocycles. The number of carbonyl (C=O) groups is 2. The molecule has 1 amide bonds. The Morgan fingerprint density at radius 2 is 1.78 bits per heavy atom. The van der Waals surface area contributed by atoms with Gasteiger partial charge in [0.15, 0.2) is 5.50 Å². The Morgan fingerprint density at radius 1 is 1.04 bits per heavy atom. The summed E-state index contributed by atoms with van der Waals surface area (Å²) in [5.41, 5.74) is 2.76. The molecule has 0 spiro atoms. The van der Waals surface area contributed by atoms with Crippen molar-refractivity contribution in [3.05, 3.63) is 70.3 Å². The van der Waals surface area contributed by atoms with Gasteiger partial charge >= 0.3 is 12.1 Å². The molecule has 2 aromatic rings. The van der Waals surface area contributed by atoms with Crippen LogP contribution in [0.25, 0.3) is 0 Å². The molecule has 2 saturated heterocycles. The van der Waals surface area contributed by atoms with Crippen molar-refractivity contribution in [1.82, 2.24) is 20.2 Å². The van der Waals surface area contributed by atoms with Crippen molar-refractivity contribution in [1.29, 1.82) is 0 Å². The quantitative estimate of drug-likeness (QED) is 0.425. The highest BCUT2D eigenvalue weighted by molar-refractivity contribution is 8.04. The Kier molecular flexibility index (Phi) is 9.53. The lowest BCUT2D eigenvalue weighted by Crippen LogP contribution is -2.56. The number of morpholine rings is 2. The molecule has 0 aromatic heterocycles. The zero-order valence-corrected chi connectivity index (χ0v) is 26.6. The van der Waals surface area contributed by atoms with E-state index in [1.165, 1.54) is 5.56 Å². The van der Waals surface area contributed by atoms with Gasteiger partial charge < -0.3 is 24.9 Å². The van der Waals surface area contributed by atoms with Crippen molar-refractivity contribution >= 4 is 35.0 Å². The van der Waals surface area contributed by atoms with Crippen LogP contribution in [0.3, 0.4) is 0 Å². The lowest BCUT2D eigenvalue weighted by molar-refractivity contribution is -0.243. The topological polar surface area (TPSA) is 95.6 Å². The molecule has 0 bridgehead atoms. The van der Waals surface area contributed by atoms with Crippen LogP contribution in [0, 0.1) is 0 Å². The Hall–Kier alpha value is -3.30. The molecule has 4 aliphatic heterocycles. The van der Waals surface area contributed by atoms with E-state index in [1.807, 2.05) is 29.2 Å². The average Bonchev–Trinajstić information content (AvgIpc) is 3.36.